The highest BCUT2D eigenvalue weighted by molar-refractivity contribution is 5.82. The molecule has 122 valence electrons. The van der Waals surface area contributed by atoms with Gasteiger partial charge in [0.15, 0.2) is 0 Å². The second kappa shape index (κ2) is 8.00. The summed E-state index contributed by atoms with van der Waals surface area (Å²) in [5.41, 5.74) is -1.40. The molecule has 0 aromatic rings. The Labute approximate surface area is 126 Å². The van der Waals surface area contributed by atoms with Crippen molar-refractivity contribution in [3.8, 4) is 0 Å². The van der Waals surface area contributed by atoms with Crippen LogP contribution in [0.5, 0.6) is 0 Å². The Morgan fingerprint density at radius 1 is 1.00 bits per heavy atom. The van der Waals surface area contributed by atoms with E-state index in [2.05, 4.69) is 10.6 Å². The standard InChI is InChI=1S/C15H28N2O4/c1-6-15(7-2,13(20)21)10-17-11(18)8-9-16-12(19)14(3,4)5/h6-10H2,1-5H3,(H,16,19)(H,17,18)(H,20,21). The maximum atomic E-state index is 11.7. The summed E-state index contributed by atoms with van der Waals surface area (Å²) in [6.07, 6.45) is 1.06. The van der Waals surface area contributed by atoms with E-state index in [4.69, 9.17) is 0 Å². The molecule has 0 spiro atoms. The predicted octanol–water partition coefficient (Wildman–Crippen LogP) is 1.55. The van der Waals surface area contributed by atoms with Crippen molar-refractivity contribution in [1.82, 2.24) is 10.6 Å². The highest BCUT2D eigenvalue weighted by Gasteiger charge is 2.35. The van der Waals surface area contributed by atoms with Crippen molar-refractivity contribution in [3.63, 3.8) is 0 Å². The summed E-state index contributed by atoms with van der Waals surface area (Å²) in [5.74, 6) is -1.26. The monoisotopic (exact) mass is 300 g/mol. The van der Waals surface area contributed by atoms with E-state index < -0.39 is 16.8 Å². The van der Waals surface area contributed by atoms with E-state index in [9.17, 15) is 19.5 Å². The molecule has 6 heteroatoms. The zero-order chi connectivity index (χ0) is 16.7. The van der Waals surface area contributed by atoms with Crippen LogP contribution >= 0.6 is 0 Å². The Balaban J connectivity index is 4.22. The lowest BCUT2D eigenvalue weighted by Crippen LogP contribution is -2.43. The van der Waals surface area contributed by atoms with Crippen molar-refractivity contribution < 1.29 is 19.5 Å². The molecule has 0 heterocycles. The lowest BCUT2D eigenvalue weighted by Gasteiger charge is -2.26. The Morgan fingerprint density at radius 3 is 1.90 bits per heavy atom. The minimum atomic E-state index is -0.912. The second-order valence-electron chi connectivity index (χ2n) is 6.33. The third kappa shape index (κ3) is 6.14. The lowest BCUT2D eigenvalue weighted by molar-refractivity contribution is -0.149. The molecule has 0 atom stereocenters. The van der Waals surface area contributed by atoms with Gasteiger partial charge in [-0.25, -0.2) is 0 Å². The number of aliphatic carboxylic acids is 1. The Kier molecular flexibility index (Phi) is 7.39. The summed E-state index contributed by atoms with van der Waals surface area (Å²) >= 11 is 0. The molecule has 0 bridgehead atoms. The molecule has 0 aliphatic heterocycles. The molecule has 0 rings (SSSR count). The number of amides is 2. The van der Waals surface area contributed by atoms with E-state index in [1.54, 1.807) is 34.6 Å². The van der Waals surface area contributed by atoms with Crippen LogP contribution in [0.2, 0.25) is 0 Å². The molecule has 0 aliphatic carbocycles. The van der Waals surface area contributed by atoms with Gasteiger partial charge in [0.2, 0.25) is 11.8 Å². The second-order valence-corrected chi connectivity index (χ2v) is 6.33. The minimum absolute atomic E-state index is 0.112. The highest BCUT2D eigenvalue weighted by atomic mass is 16.4. The first kappa shape index (κ1) is 19.4. The van der Waals surface area contributed by atoms with Crippen molar-refractivity contribution >= 4 is 17.8 Å². The fraction of sp³-hybridized carbons (Fsp3) is 0.800. The van der Waals surface area contributed by atoms with Crippen molar-refractivity contribution in [2.24, 2.45) is 10.8 Å². The molecule has 0 aromatic carbocycles. The van der Waals surface area contributed by atoms with Gasteiger partial charge in [0.25, 0.3) is 0 Å². The van der Waals surface area contributed by atoms with Gasteiger partial charge in [-0.3, -0.25) is 14.4 Å². The van der Waals surface area contributed by atoms with Crippen molar-refractivity contribution in [2.75, 3.05) is 13.1 Å². The van der Waals surface area contributed by atoms with Crippen LogP contribution in [-0.4, -0.2) is 36.0 Å². The summed E-state index contributed by atoms with van der Waals surface area (Å²) in [5, 5.41) is 14.6. The van der Waals surface area contributed by atoms with Crippen LogP contribution in [0, 0.1) is 10.8 Å². The third-order valence-corrected chi connectivity index (χ3v) is 3.75. The zero-order valence-corrected chi connectivity index (χ0v) is 13.7. The average Bonchev–Trinajstić information content (AvgIpc) is 2.38. The Bertz CT molecular complexity index is 382. The largest absolute Gasteiger partial charge is 0.481 e. The van der Waals surface area contributed by atoms with Gasteiger partial charge >= 0.3 is 5.97 Å². The number of carbonyl (C=O) groups is 3. The first-order chi connectivity index (χ1) is 9.59. The molecule has 3 N–H and O–H groups in total. The van der Waals surface area contributed by atoms with E-state index in [0.717, 1.165) is 0 Å². The van der Waals surface area contributed by atoms with Gasteiger partial charge in [-0.15, -0.1) is 0 Å². The normalized spacial score (nSPS) is 11.9. The third-order valence-electron chi connectivity index (χ3n) is 3.75. The number of hydrogen-bond acceptors (Lipinski definition) is 3. The molecular formula is C15H28N2O4. The molecule has 6 nitrogen and oxygen atoms in total. The van der Waals surface area contributed by atoms with Gasteiger partial charge < -0.3 is 15.7 Å². The van der Waals surface area contributed by atoms with E-state index in [-0.39, 0.29) is 31.3 Å². The first-order valence-electron chi connectivity index (χ1n) is 7.37. The van der Waals surface area contributed by atoms with E-state index in [1.165, 1.54) is 0 Å². The summed E-state index contributed by atoms with van der Waals surface area (Å²) in [6, 6.07) is 0. The zero-order valence-electron chi connectivity index (χ0n) is 13.7. The van der Waals surface area contributed by atoms with Crippen molar-refractivity contribution in [2.45, 2.75) is 53.9 Å². The van der Waals surface area contributed by atoms with Gasteiger partial charge in [0, 0.05) is 24.9 Å². The summed E-state index contributed by atoms with van der Waals surface area (Å²) in [7, 11) is 0. The Morgan fingerprint density at radius 2 is 1.52 bits per heavy atom. The summed E-state index contributed by atoms with van der Waals surface area (Å²) < 4.78 is 0. The van der Waals surface area contributed by atoms with Crippen LogP contribution in [0.3, 0.4) is 0 Å². The number of carbonyl (C=O) groups excluding carboxylic acids is 2. The topological polar surface area (TPSA) is 95.5 Å². The molecule has 0 fully saturated rings. The molecule has 2 amide bonds. The van der Waals surface area contributed by atoms with Crippen LogP contribution in [0.15, 0.2) is 0 Å². The fourth-order valence-electron chi connectivity index (χ4n) is 1.79. The average molecular weight is 300 g/mol. The van der Waals surface area contributed by atoms with Crippen LogP contribution in [0.25, 0.3) is 0 Å². The molecule has 0 saturated heterocycles. The predicted molar refractivity (Wildman–Crippen MR) is 80.7 cm³/mol. The van der Waals surface area contributed by atoms with Crippen molar-refractivity contribution in [1.29, 1.82) is 0 Å². The summed E-state index contributed by atoms with van der Waals surface area (Å²) in [6.45, 7) is 9.35. The quantitative estimate of drug-likeness (QED) is 0.633. The smallest absolute Gasteiger partial charge is 0.311 e. The maximum absolute atomic E-state index is 11.7. The van der Waals surface area contributed by atoms with Gasteiger partial charge in [-0.2, -0.15) is 0 Å². The van der Waals surface area contributed by atoms with Crippen LogP contribution in [-0.2, 0) is 14.4 Å². The van der Waals surface area contributed by atoms with E-state index in [0.29, 0.717) is 12.8 Å². The summed E-state index contributed by atoms with van der Waals surface area (Å²) in [4.78, 5) is 34.6. The highest BCUT2D eigenvalue weighted by Crippen LogP contribution is 2.25. The molecule has 21 heavy (non-hydrogen) atoms. The first-order valence-corrected chi connectivity index (χ1v) is 7.37. The molecule has 0 radical (unpaired) electrons. The molecule has 0 unspecified atom stereocenters. The van der Waals surface area contributed by atoms with Gasteiger partial charge in [0.05, 0.1) is 5.41 Å². The molecular weight excluding hydrogens is 272 g/mol. The number of nitrogens with one attached hydrogen (secondary N) is 2. The van der Waals surface area contributed by atoms with Crippen LogP contribution in [0.4, 0.5) is 0 Å². The van der Waals surface area contributed by atoms with Gasteiger partial charge in [-0.1, -0.05) is 34.6 Å². The molecule has 0 aromatic heterocycles. The van der Waals surface area contributed by atoms with Crippen molar-refractivity contribution in [3.05, 3.63) is 0 Å². The van der Waals surface area contributed by atoms with E-state index >= 15 is 0 Å². The maximum Gasteiger partial charge on any atom is 0.311 e. The number of hydrogen-bond donors (Lipinski definition) is 3. The Hall–Kier alpha value is -1.59. The van der Waals surface area contributed by atoms with Gasteiger partial charge in [0.1, 0.15) is 0 Å². The van der Waals surface area contributed by atoms with Gasteiger partial charge in [-0.05, 0) is 12.8 Å². The fourth-order valence-corrected chi connectivity index (χ4v) is 1.79. The number of carboxylic acid groups (broad SMARTS) is 1. The molecule has 0 saturated carbocycles. The SMILES string of the molecule is CCC(CC)(CNC(=O)CCNC(=O)C(C)(C)C)C(=O)O. The van der Waals surface area contributed by atoms with E-state index in [1.807, 2.05) is 0 Å². The van der Waals surface area contributed by atoms with Crippen LogP contribution in [0.1, 0.15) is 53.9 Å². The molecule has 0 aliphatic rings. The lowest BCUT2D eigenvalue weighted by atomic mass is 9.82. The number of carboxylic acids is 1. The number of rotatable bonds is 8. The van der Waals surface area contributed by atoms with Crippen LogP contribution < -0.4 is 10.6 Å². The minimum Gasteiger partial charge on any atom is -0.481 e.